The van der Waals surface area contributed by atoms with Crippen LogP contribution in [0.4, 0.5) is 0 Å². The van der Waals surface area contributed by atoms with Crippen molar-refractivity contribution in [3.63, 3.8) is 0 Å². The van der Waals surface area contributed by atoms with E-state index in [9.17, 15) is 8.42 Å². The molecule has 0 bridgehead atoms. The lowest BCUT2D eigenvalue weighted by molar-refractivity contribution is 0.242. The number of benzene rings is 1. The lowest BCUT2D eigenvalue weighted by Gasteiger charge is -2.32. The molecular weight excluding hydrogens is 272 g/mol. The van der Waals surface area contributed by atoms with Crippen molar-refractivity contribution in [1.82, 2.24) is 4.72 Å². The minimum atomic E-state index is -3.47. The Balaban J connectivity index is 2.15. The SMILES string of the molecule is CC1CCC(NS(=O)(=O)c2ccccc2CN)CC1C. The second-order valence-electron chi connectivity index (χ2n) is 5.90. The van der Waals surface area contributed by atoms with Crippen molar-refractivity contribution in [1.29, 1.82) is 0 Å². The fourth-order valence-corrected chi connectivity index (χ4v) is 4.41. The zero-order valence-electron chi connectivity index (χ0n) is 12.2. The quantitative estimate of drug-likeness (QED) is 0.895. The molecule has 1 fully saturated rings. The van der Waals surface area contributed by atoms with Gasteiger partial charge in [0.15, 0.2) is 0 Å². The predicted octanol–water partition coefficient (Wildman–Crippen LogP) is 2.25. The molecule has 1 aliphatic carbocycles. The highest BCUT2D eigenvalue weighted by molar-refractivity contribution is 7.89. The van der Waals surface area contributed by atoms with Crippen molar-refractivity contribution >= 4 is 10.0 Å². The van der Waals surface area contributed by atoms with Gasteiger partial charge in [-0.1, -0.05) is 32.0 Å². The van der Waals surface area contributed by atoms with Crippen LogP contribution >= 0.6 is 0 Å². The number of hydrogen-bond donors (Lipinski definition) is 2. The molecule has 0 radical (unpaired) electrons. The first-order valence-corrected chi connectivity index (χ1v) is 8.72. The first-order valence-electron chi connectivity index (χ1n) is 7.24. The molecule has 112 valence electrons. The summed E-state index contributed by atoms with van der Waals surface area (Å²) in [4.78, 5) is 0.314. The molecule has 5 heteroatoms. The van der Waals surface area contributed by atoms with Crippen LogP contribution in [-0.4, -0.2) is 14.5 Å². The molecule has 2 rings (SSSR count). The number of rotatable bonds is 4. The van der Waals surface area contributed by atoms with Gasteiger partial charge in [-0.3, -0.25) is 0 Å². The van der Waals surface area contributed by atoms with E-state index in [1.54, 1.807) is 18.2 Å². The number of sulfonamides is 1. The van der Waals surface area contributed by atoms with Gasteiger partial charge < -0.3 is 5.73 Å². The molecule has 1 saturated carbocycles. The molecule has 0 saturated heterocycles. The fraction of sp³-hybridized carbons (Fsp3) is 0.600. The Morgan fingerprint density at radius 2 is 1.90 bits per heavy atom. The van der Waals surface area contributed by atoms with E-state index in [1.165, 1.54) is 0 Å². The first kappa shape index (κ1) is 15.5. The van der Waals surface area contributed by atoms with Gasteiger partial charge in [-0.05, 0) is 42.7 Å². The van der Waals surface area contributed by atoms with Gasteiger partial charge in [-0.25, -0.2) is 13.1 Å². The maximum Gasteiger partial charge on any atom is 0.241 e. The van der Waals surface area contributed by atoms with Crippen molar-refractivity contribution in [3.8, 4) is 0 Å². The Kier molecular flexibility index (Phi) is 4.83. The second kappa shape index (κ2) is 6.24. The summed E-state index contributed by atoms with van der Waals surface area (Å²) in [5, 5.41) is 0. The predicted molar refractivity (Wildman–Crippen MR) is 80.6 cm³/mol. The van der Waals surface area contributed by atoms with E-state index >= 15 is 0 Å². The van der Waals surface area contributed by atoms with Crippen LogP contribution in [0.2, 0.25) is 0 Å². The van der Waals surface area contributed by atoms with Crippen LogP contribution in [0.15, 0.2) is 29.2 Å². The van der Waals surface area contributed by atoms with Crippen LogP contribution in [-0.2, 0) is 16.6 Å². The Morgan fingerprint density at radius 3 is 2.55 bits per heavy atom. The summed E-state index contributed by atoms with van der Waals surface area (Å²) in [5.74, 6) is 1.23. The molecule has 1 aromatic carbocycles. The largest absolute Gasteiger partial charge is 0.326 e. The van der Waals surface area contributed by atoms with Gasteiger partial charge >= 0.3 is 0 Å². The Morgan fingerprint density at radius 1 is 1.20 bits per heavy atom. The molecule has 4 nitrogen and oxygen atoms in total. The molecule has 1 aliphatic rings. The highest BCUT2D eigenvalue weighted by Crippen LogP contribution is 2.30. The lowest BCUT2D eigenvalue weighted by atomic mass is 9.79. The van der Waals surface area contributed by atoms with Crippen LogP contribution < -0.4 is 10.5 Å². The van der Waals surface area contributed by atoms with Crippen molar-refractivity contribution in [2.45, 2.75) is 50.6 Å². The average Bonchev–Trinajstić information content (AvgIpc) is 2.42. The smallest absolute Gasteiger partial charge is 0.241 e. The summed E-state index contributed by atoms with van der Waals surface area (Å²) >= 11 is 0. The summed E-state index contributed by atoms with van der Waals surface area (Å²) < 4.78 is 27.9. The van der Waals surface area contributed by atoms with E-state index in [1.807, 2.05) is 6.07 Å². The highest BCUT2D eigenvalue weighted by Gasteiger charge is 2.28. The van der Waals surface area contributed by atoms with E-state index in [2.05, 4.69) is 18.6 Å². The highest BCUT2D eigenvalue weighted by atomic mass is 32.2. The van der Waals surface area contributed by atoms with Gasteiger partial charge in [-0.2, -0.15) is 0 Å². The molecule has 0 spiro atoms. The molecular formula is C15H24N2O2S. The molecule has 3 N–H and O–H groups in total. The zero-order chi connectivity index (χ0) is 14.8. The van der Waals surface area contributed by atoms with Gasteiger partial charge in [0.1, 0.15) is 0 Å². The minimum absolute atomic E-state index is 0.0389. The van der Waals surface area contributed by atoms with E-state index < -0.39 is 10.0 Å². The maximum absolute atomic E-state index is 12.5. The standard InChI is InChI=1S/C15H24N2O2S/c1-11-7-8-14(9-12(11)2)17-20(18,19)15-6-4-3-5-13(15)10-16/h3-6,11-12,14,17H,7-10,16H2,1-2H3. The van der Waals surface area contributed by atoms with Crippen LogP contribution in [0.3, 0.4) is 0 Å². The summed E-state index contributed by atoms with van der Waals surface area (Å²) in [6.45, 7) is 4.66. The molecule has 20 heavy (non-hydrogen) atoms. The third kappa shape index (κ3) is 3.40. The van der Waals surface area contributed by atoms with Crippen molar-refractivity contribution in [3.05, 3.63) is 29.8 Å². The monoisotopic (exact) mass is 296 g/mol. The van der Waals surface area contributed by atoms with Crippen LogP contribution in [0, 0.1) is 11.8 Å². The maximum atomic E-state index is 12.5. The summed E-state index contributed by atoms with van der Waals surface area (Å²) in [5.41, 5.74) is 6.29. The average molecular weight is 296 g/mol. The molecule has 0 amide bonds. The van der Waals surface area contributed by atoms with Crippen molar-refractivity contribution < 1.29 is 8.42 Å². The van der Waals surface area contributed by atoms with Crippen LogP contribution in [0.1, 0.15) is 38.7 Å². The summed E-state index contributed by atoms with van der Waals surface area (Å²) in [7, 11) is -3.47. The van der Waals surface area contributed by atoms with E-state index in [0.717, 1.165) is 19.3 Å². The molecule has 0 heterocycles. The Hall–Kier alpha value is -0.910. The molecule has 1 aromatic rings. The summed E-state index contributed by atoms with van der Waals surface area (Å²) in [6, 6.07) is 6.97. The van der Waals surface area contributed by atoms with E-state index in [-0.39, 0.29) is 12.6 Å². The lowest BCUT2D eigenvalue weighted by Crippen LogP contribution is -2.40. The Labute approximate surface area is 121 Å². The van der Waals surface area contributed by atoms with E-state index in [0.29, 0.717) is 22.3 Å². The van der Waals surface area contributed by atoms with Crippen LogP contribution in [0.25, 0.3) is 0 Å². The summed E-state index contributed by atoms with van der Waals surface area (Å²) in [6.07, 6.45) is 2.90. The number of hydrogen-bond acceptors (Lipinski definition) is 3. The first-order chi connectivity index (χ1) is 9.44. The molecule has 3 unspecified atom stereocenters. The number of nitrogens with two attached hydrogens (primary N) is 1. The zero-order valence-corrected chi connectivity index (χ0v) is 13.0. The number of nitrogens with one attached hydrogen (secondary N) is 1. The van der Waals surface area contributed by atoms with Crippen molar-refractivity contribution in [2.24, 2.45) is 17.6 Å². The van der Waals surface area contributed by atoms with E-state index in [4.69, 9.17) is 5.73 Å². The molecule has 0 aliphatic heterocycles. The third-order valence-electron chi connectivity index (χ3n) is 4.40. The Bertz CT molecular complexity index is 557. The molecule has 0 aromatic heterocycles. The van der Waals surface area contributed by atoms with Gasteiger partial charge in [-0.15, -0.1) is 0 Å². The normalized spacial score (nSPS) is 27.4. The fourth-order valence-electron chi connectivity index (χ4n) is 2.87. The molecule has 3 atom stereocenters. The van der Waals surface area contributed by atoms with Gasteiger partial charge in [0, 0.05) is 12.6 Å². The van der Waals surface area contributed by atoms with Crippen molar-refractivity contribution in [2.75, 3.05) is 0 Å². The van der Waals surface area contributed by atoms with Gasteiger partial charge in [0.05, 0.1) is 4.90 Å². The minimum Gasteiger partial charge on any atom is -0.326 e. The van der Waals surface area contributed by atoms with Gasteiger partial charge in [0.2, 0.25) is 10.0 Å². The van der Waals surface area contributed by atoms with Crippen LogP contribution in [0.5, 0.6) is 0 Å². The second-order valence-corrected chi connectivity index (χ2v) is 7.58. The van der Waals surface area contributed by atoms with Gasteiger partial charge in [0.25, 0.3) is 0 Å². The third-order valence-corrected chi connectivity index (χ3v) is 6.02. The topological polar surface area (TPSA) is 72.2 Å².